The van der Waals surface area contributed by atoms with Crippen molar-refractivity contribution in [1.29, 1.82) is 0 Å². The molecule has 8 nitrogen and oxygen atoms in total. The minimum atomic E-state index is -3.91. The highest BCUT2D eigenvalue weighted by molar-refractivity contribution is 7.92. The Morgan fingerprint density at radius 3 is 2.44 bits per heavy atom. The molecule has 0 bridgehead atoms. The molecule has 0 radical (unpaired) electrons. The first-order valence-electron chi connectivity index (χ1n) is 10.9. The number of sulfonamides is 1. The van der Waals surface area contributed by atoms with Crippen LogP contribution < -0.4 is 9.46 Å². The van der Waals surface area contributed by atoms with Crippen molar-refractivity contribution < 1.29 is 13.2 Å². The first kappa shape index (κ1) is 23.7. The molecule has 1 N–H and O–H groups in total. The van der Waals surface area contributed by atoms with Gasteiger partial charge < -0.3 is 4.74 Å². The van der Waals surface area contributed by atoms with Gasteiger partial charge in [-0.25, -0.2) is 33.1 Å². The molecule has 0 aliphatic carbocycles. The summed E-state index contributed by atoms with van der Waals surface area (Å²) in [5.41, 5.74) is 4.82. The van der Waals surface area contributed by atoms with Crippen LogP contribution in [-0.4, -0.2) is 35.5 Å². The van der Waals surface area contributed by atoms with Crippen LogP contribution in [0.2, 0.25) is 5.02 Å². The zero-order valence-electron chi connectivity index (χ0n) is 19.3. The first-order valence-corrected chi connectivity index (χ1v) is 12.7. The molecule has 180 valence electrons. The summed E-state index contributed by atoms with van der Waals surface area (Å²) in [6.07, 6.45) is 4.32. The van der Waals surface area contributed by atoms with E-state index in [0.717, 1.165) is 22.3 Å². The van der Waals surface area contributed by atoms with E-state index in [1.165, 1.54) is 30.9 Å². The van der Waals surface area contributed by atoms with Gasteiger partial charge in [0.15, 0.2) is 0 Å². The highest BCUT2D eigenvalue weighted by Gasteiger charge is 2.19. The number of fused-ring (bicyclic) bond motifs is 1. The van der Waals surface area contributed by atoms with Gasteiger partial charge in [0.05, 0.1) is 23.2 Å². The Morgan fingerprint density at radius 1 is 0.889 bits per heavy atom. The van der Waals surface area contributed by atoms with E-state index in [9.17, 15) is 8.42 Å². The van der Waals surface area contributed by atoms with Crippen molar-refractivity contribution in [3.05, 3.63) is 90.0 Å². The van der Waals surface area contributed by atoms with Crippen LogP contribution in [0.4, 0.5) is 5.95 Å². The summed E-state index contributed by atoms with van der Waals surface area (Å²) in [7, 11) is -2.31. The van der Waals surface area contributed by atoms with Gasteiger partial charge >= 0.3 is 0 Å². The number of methoxy groups -OCH3 is 1. The van der Waals surface area contributed by atoms with Crippen molar-refractivity contribution in [2.45, 2.75) is 11.8 Å². The maximum Gasteiger partial charge on any atom is 0.264 e. The highest BCUT2D eigenvalue weighted by Crippen LogP contribution is 2.39. The van der Waals surface area contributed by atoms with E-state index >= 15 is 0 Å². The smallest absolute Gasteiger partial charge is 0.264 e. The van der Waals surface area contributed by atoms with Gasteiger partial charge in [0.2, 0.25) is 5.95 Å². The lowest BCUT2D eigenvalue weighted by Crippen LogP contribution is -2.14. The van der Waals surface area contributed by atoms with E-state index < -0.39 is 10.0 Å². The first-order chi connectivity index (χ1) is 17.4. The Balaban J connectivity index is 1.59. The number of anilines is 1. The number of rotatable bonds is 6. The molecule has 0 aliphatic rings. The molecule has 0 amide bonds. The molecule has 36 heavy (non-hydrogen) atoms. The van der Waals surface area contributed by atoms with Gasteiger partial charge in [-0.3, -0.25) is 0 Å². The maximum absolute atomic E-state index is 12.9. The molecule has 0 atom stereocenters. The lowest BCUT2D eigenvalue weighted by Gasteiger charge is -2.15. The summed E-state index contributed by atoms with van der Waals surface area (Å²) in [4.78, 5) is 16.7. The molecule has 0 saturated carbocycles. The Hall–Kier alpha value is -4.08. The van der Waals surface area contributed by atoms with Gasteiger partial charge in [0.25, 0.3) is 10.0 Å². The van der Waals surface area contributed by atoms with Gasteiger partial charge in [-0.1, -0.05) is 23.7 Å². The average Bonchev–Trinajstić information content (AvgIpc) is 2.88. The number of nitrogens with one attached hydrogen (secondary N) is 1. The number of benzene rings is 3. The van der Waals surface area contributed by atoms with Gasteiger partial charge in [-0.05, 0) is 72.1 Å². The quantitative estimate of drug-likeness (QED) is 0.316. The van der Waals surface area contributed by atoms with E-state index in [2.05, 4.69) is 24.7 Å². The number of hydrogen-bond donors (Lipinski definition) is 1. The molecule has 2 heterocycles. The Morgan fingerprint density at radius 2 is 1.69 bits per heavy atom. The topological polar surface area (TPSA) is 107 Å². The van der Waals surface area contributed by atoms with Crippen LogP contribution in [0.25, 0.3) is 33.3 Å². The molecule has 0 saturated heterocycles. The molecule has 0 fully saturated rings. The standard InChI is InChI=1S/C26H20ClN5O3S/c1-16-11-22(24(35-2)14-21(16)17-5-3-6-18(27)12-17)25-20-8-7-19(13-23(20)30-15-31-25)36(33,34)32-26-28-9-4-10-29-26/h3-15H,1-2H3,(H,28,29,32). The van der Waals surface area contributed by atoms with Gasteiger partial charge in [-0.15, -0.1) is 0 Å². The largest absolute Gasteiger partial charge is 0.496 e. The van der Waals surface area contributed by atoms with E-state index in [1.807, 2.05) is 43.3 Å². The van der Waals surface area contributed by atoms with Crippen LogP contribution in [0.5, 0.6) is 5.75 Å². The molecule has 10 heteroatoms. The monoisotopic (exact) mass is 517 g/mol. The number of nitrogens with zero attached hydrogens (tertiary/aromatic N) is 4. The molecule has 3 aromatic carbocycles. The number of aryl methyl sites for hydroxylation is 1. The molecule has 0 aliphatic heterocycles. The van der Waals surface area contributed by atoms with Crippen LogP contribution in [-0.2, 0) is 10.0 Å². The van der Waals surface area contributed by atoms with E-state index in [4.69, 9.17) is 16.3 Å². The summed E-state index contributed by atoms with van der Waals surface area (Å²) in [5.74, 6) is 0.608. The minimum Gasteiger partial charge on any atom is -0.496 e. The molecular weight excluding hydrogens is 498 g/mol. The summed E-state index contributed by atoms with van der Waals surface area (Å²) in [6.45, 7) is 2.00. The normalized spacial score (nSPS) is 11.4. The summed E-state index contributed by atoms with van der Waals surface area (Å²) >= 11 is 6.20. The summed E-state index contributed by atoms with van der Waals surface area (Å²) in [5, 5.41) is 1.33. The lowest BCUT2D eigenvalue weighted by molar-refractivity contribution is 0.416. The fourth-order valence-electron chi connectivity index (χ4n) is 3.96. The van der Waals surface area contributed by atoms with Crippen LogP contribution >= 0.6 is 11.6 Å². The van der Waals surface area contributed by atoms with Crippen molar-refractivity contribution in [3.63, 3.8) is 0 Å². The second-order valence-electron chi connectivity index (χ2n) is 7.96. The molecular formula is C26H20ClN5O3S. The van der Waals surface area contributed by atoms with Gasteiger partial charge in [0.1, 0.15) is 12.1 Å². The third-order valence-electron chi connectivity index (χ3n) is 5.65. The Kier molecular flexibility index (Phi) is 6.26. The third-order valence-corrected chi connectivity index (χ3v) is 7.21. The predicted octanol–water partition coefficient (Wildman–Crippen LogP) is 5.53. The minimum absolute atomic E-state index is 0.0130. The zero-order chi connectivity index (χ0) is 25.3. The van der Waals surface area contributed by atoms with Crippen molar-refractivity contribution in [3.8, 4) is 28.1 Å². The van der Waals surface area contributed by atoms with Crippen molar-refractivity contribution >= 4 is 38.5 Å². The van der Waals surface area contributed by atoms with Crippen molar-refractivity contribution in [2.75, 3.05) is 11.8 Å². The van der Waals surface area contributed by atoms with E-state index in [0.29, 0.717) is 27.4 Å². The SMILES string of the molecule is COc1cc(-c2cccc(Cl)c2)c(C)cc1-c1ncnc2cc(S(=O)(=O)Nc3ncccn3)ccc12. The lowest BCUT2D eigenvalue weighted by atomic mass is 9.95. The highest BCUT2D eigenvalue weighted by atomic mass is 35.5. The third kappa shape index (κ3) is 4.58. The van der Waals surface area contributed by atoms with Crippen molar-refractivity contribution in [1.82, 2.24) is 19.9 Å². The Labute approximate surface area is 213 Å². The number of halogens is 1. The fourth-order valence-corrected chi connectivity index (χ4v) is 5.13. The molecule has 5 rings (SSSR count). The van der Waals surface area contributed by atoms with Crippen LogP contribution in [0.15, 0.2) is 84.3 Å². The molecule has 5 aromatic rings. The molecule has 2 aromatic heterocycles. The van der Waals surface area contributed by atoms with Gasteiger partial charge in [0, 0.05) is 28.4 Å². The van der Waals surface area contributed by atoms with Crippen LogP contribution in [0.1, 0.15) is 5.56 Å². The predicted molar refractivity (Wildman–Crippen MR) is 140 cm³/mol. The van der Waals surface area contributed by atoms with Gasteiger partial charge in [-0.2, -0.15) is 0 Å². The summed E-state index contributed by atoms with van der Waals surface area (Å²) < 4.78 is 33.9. The van der Waals surface area contributed by atoms with Crippen molar-refractivity contribution in [2.24, 2.45) is 0 Å². The Bertz CT molecular complexity index is 1700. The summed E-state index contributed by atoms with van der Waals surface area (Å²) in [6, 6.07) is 17.8. The molecule has 0 spiro atoms. The number of ether oxygens (including phenoxy) is 1. The fraction of sp³-hybridized carbons (Fsp3) is 0.0769. The zero-order valence-corrected chi connectivity index (χ0v) is 20.9. The number of aromatic nitrogens is 4. The number of hydrogen-bond acceptors (Lipinski definition) is 7. The average molecular weight is 518 g/mol. The second kappa shape index (κ2) is 9.52. The second-order valence-corrected chi connectivity index (χ2v) is 10.1. The van der Waals surface area contributed by atoms with Crippen LogP contribution in [0.3, 0.4) is 0 Å². The maximum atomic E-state index is 12.9. The van der Waals surface area contributed by atoms with E-state index in [-0.39, 0.29) is 10.8 Å². The van der Waals surface area contributed by atoms with E-state index in [1.54, 1.807) is 19.2 Å². The molecule has 0 unspecified atom stereocenters. The van der Waals surface area contributed by atoms with Crippen LogP contribution in [0, 0.1) is 6.92 Å².